The molecule has 15 heavy (non-hydrogen) atoms. The number of rotatable bonds is 2. The van der Waals surface area contributed by atoms with Gasteiger partial charge in [-0.2, -0.15) is 0 Å². The first-order chi connectivity index (χ1) is 7.27. The van der Waals surface area contributed by atoms with E-state index in [4.69, 9.17) is 10.5 Å². The zero-order valence-corrected chi connectivity index (χ0v) is 8.82. The molecule has 1 fully saturated rings. The molecule has 84 valence electrons. The zero-order chi connectivity index (χ0) is 10.7. The molecule has 4 nitrogen and oxygen atoms in total. The quantitative estimate of drug-likeness (QED) is 0.639. The van der Waals surface area contributed by atoms with Crippen LogP contribution in [-0.4, -0.2) is 31.2 Å². The second-order valence-corrected chi connectivity index (χ2v) is 4.30. The molecule has 1 aliphatic heterocycles. The van der Waals surface area contributed by atoms with Crippen LogP contribution in [0, 0.1) is 5.92 Å². The van der Waals surface area contributed by atoms with Crippen LogP contribution in [0.15, 0.2) is 12.2 Å². The Morgan fingerprint density at radius 1 is 1.40 bits per heavy atom. The maximum absolute atomic E-state index is 11.8. The summed E-state index contributed by atoms with van der Waals surface area (Å²) >= 11 is 0. The summed E-state index contributed by atoms with van der Waals surface area (Å²) in [4.78, 5) is 11.8. The third-order valence-corrected chi connectivity index (χ3v) is 3.08. The number of nitrogens with two attached hydrogens (primary N) is 1. The van der Waals surface area contributed by atoms with Crippen molar-refractivity contribution in [1.29, 1.82) is 0 Å². The standard InChI is InChI=1S/C11H18N2O2/c12-10-7-15-6-9(10)11(14)13-8-4-2-1-3-5-8/h1-2,8-10H,3-7,12H2,(H,13,14). The molecular weight excluding hydrogens is 192 g/mol. The van der Waals surface area contributed by atoms with Crippen molar-refractivity contribution in [2.75, 3.05) is 13.2 Å². The molecule has 0 aromatic heterocycles. The molecule has 0 aromatic rings. The molecule has 4 heteroatoms. The molecule has 2 rings (SSSR count). The van der Waals surface area contributed by atoms with Gasteiger partial charge in [-0.1, -0.05) is 12.2 Å². The Bertz CT molecular complexity index is 265. The van der Waals surface area contributed by atoms with E-state index in [-0.39, 0.29) is 23.9 Å². The van der Waals surface area contributed by atoms with Crippen molar-refractivity contribution in [2.45, 2.75) is 31.3 Å². The molecule has 0 spiro atoms. The average Bonchev–Trinajstić information content (AvgIpc) is 2.66. The number of hydrogen-bond acceptors (Lipinski definition) is 3. The van der Waals surface area contributed by atoms with E-state index in [1.807, 2.05) is 0 Å². The first kappa shape index (κ1) is 10.6. The van der Waals surface area contributed by atoms with Gasteiger partial charge in [-0.05, 0) is 19.3 Å². The highest BCUT2D eigenvalue weighted by atomic mass is 16.5. The number of ether oxygens (including phenoxy) is 1. The average molecular weight is 210 g/mol. The van der Waals surface area contributed by atoms with Crippen molar-refractivity contribution in [1.82, 2.24) is 5.32 Å². The van der Waals surface area contributed by atoms with Gasteiger partial charge in [0.15, 0.2) is 0 Å². The summed E-state index contributed by atoms with van der Waals surface area (Å²) in [7, 11) is 0. The van der Waals surface area contributed by atoms with E-state index in [9.17, 15) is 4.79 Å². The van der Waals surface area contributed by atoms with Gasteiger partial charge in [-0.15, -0.1) is 0 Å². The third-order valence-electron chi connectivity index (χ3n) is 3.08. The number of carbonyl (C=O) groups is 1. The van der Waals surface area contributed by atoms with E-state index < -0.39 is 0 Å². The summed E-state index contributed by atoms with van der Waals surface area (Å²) < 4.78 is 5.18. The number of hydrogen-bond donors (Lipinski definition) is 2. The van der Waals surface area contributed by atoms with Crippen LogP contribution >= 0.6 is 0 Å². The number of nitrogens with one attached hydrogen (secondary N) is 1. The van der Waals surface area contributed by atoms with Crippen LogP contribution in [0.4, 0.5) is 0 Å². The van der Waals surface area contributed by atoms with E-state index in [0.29, 0.717) is 13.2 Å². The van der Waals surface area contributed by atoms with Gasteiger partial charge in [0.25, 0.3) is 0 Å². The van der Waals surface area contributed by atoms with E-state index >= 15 is 0 Å². The summed E-state index contributed by atoms with van der Waals surface area (Å²) in [6, 6.07) is 0.152. The van der Waals surface area contributed by atoms with Crippen LogP contribution in [-0.2, 0) is 9.53 Å². The minimum absolute atomic E-state index is 0.0558. The van der Waals surface area contributed by atoms with Crippen molar-refractivity contribution in [3.63, 3.8) is 0 Å². The summed E-state index contributed by atoms with van der Waals surface area (Å²) in [6.07, 6.45) is 7.31. The Morgan fingerprint density at radius 3 is 2.87 bits per heavy atom. The molecule has 3 unspecified atom stereocenters. The molecule has 1 amide bonds. The largest absolute Gasteiger partial charge is 0.379 e. The van der Waals surface area contributed by atoms with Gasteiger partial charge in [0.1, 0.15) is 0 Å². The lowest BCUT2D eigenvalue weighted by atomic mass is 9.99. The topological polar surface area (TPSA) is 64.3 Å². The van der Waals surface area contributed by atoms with Gasteiger partial charge in [-0.25, -0.2) is 0 Å². The highest BCUT2D eigenvalue weighted by Crippen LogP contribution is 2.15. The summed E-state index contributed by atoms with van der Waals surface area (Å²) in [5.74, 6) is -0.101. The Balaban J connectivity index is 1.83. The fourth-order valence-electron chi connectivity index (χ4n) is 2.07. The third kappa shape index (κ3) is 2.58. The lowest BCUT2D eigenvalue weighted by molar-refractivity contribution is -0.126. The highest BCUT2D eigenvalue weighted by molar-refractivity contribution is 5.80. The smallest absolute Gasteiger partial charge is 0.227 e. The van der Waals surface area contributed by atoms with Crippen LogP contribution in [0.2, 0.25) is 0 Å². The fourth-order valence-corrected chi connectivity index (χ4v) is 2.07. The molecule has 1 saturated heterocycles. The van der Waals surface area contributed by atoms with Gasteiger partial charge < -0.3 is 15.8 Å². The normalized spacial score (nSPS) is 35.4. The SMILES string of the molecule is NC1COCC1C(=O)NC1CC=CCC1. The van der Waals surface area contributed by atoms with E-state index in [1.165, 1.54) is 0 Å². The molecule has 2 aliphatic rings. The predicted octanol–water partition coefficient (Wildman–Crippen LogP) is 0.185. The second kappa shape index (κ2) is 4.77. The predicted molar refractivity (Wildman–Crippen MR) is 57.2 cm³/mol. The van der Waals surface area contributed by atoms with Crippen LogP contribution in [0.25, 0.3) is 0 Å². The first-order valence-electron chi connectivity index (χ1n) is 5.56. The Kier molecular flexibility index (Phi) is 3.38. The molecule has 0 saturated carbocycles. The van der Waals surface area contributed by atoms with Gasteiger partial charge in [0, 0.05) is 12.1 Å². The van der Waals surface area contributed by atoms with E-state index in [0.717, 1.165) is 19.3 Å². The summed E-state index contributed by atoms with van der Waals surface area (Å²) in [6.45, 7) is 0.970. The van der Waals surface area contributed by atoms with Crippen molar-refractivity contribution < 1.29 is 9.53 Å². The zero-order valence-electron chi connectivity index (χ0n) is 8.82. The van der Waals surface area contributed by atoms with Gasteiger partial charge >= 0.3 is 0 Å². The lowest BCUT2D eigenvalue weighted by Gasteiger charge is -2.22. The number of allylic oxidation sites excluding steroid dienone is 1. The van der Waals surface area contributed by atoms with Crippen LogP contribution in [0.5, 0.6) is 0 Å². The van der Waals surface area contributed by atoms with E-state index in [1.54, 1.807) is 0 Å². The van der Waals surface area contributed by atoms with Gasteiger partial charge in [-0.3, -0.25) is 4.79 Å². The van der Waals surface area contributed by atoms with E-state index in [2.05, 4.69) is 17.5 Å². The molecule has 0 aromatic carbocycles. The lowest BCUT2D eigenvalue weighted by Crippen LogP contribution is -2.45. The van der Waals surface area contributed by atoms with Crippen molar-refractivity contribution in [2.24, 2.45) is 11.7 Å². The minimum Gasteiger partial charge on any atom is -0.379 e. The first-order valence-corrected chi connectivity index (χ1v) is 5.56. The van der Waals surface area contributed by atoms with Crippen molar-refractivity contribution in [3.8, 4) is 0 Å². The van der Waals surface area contributed by atoms with Crippen LogP contribution in [0.3, 0.4) is 0 Å². The van der Waals surface area contributed by atoms with Crippen molar-refractivity contribution in [3.05, 3.63) is 12.2 Å². The number of carbonyl (C=O) groups excluding carboxylic acids is 1. The monoisotopic (exact) mass is 210 g/mol. The Hall–Kier alpha value is -0.870. The Morgan fingerprint density at radius 2 is 2.27 bits per heavy atom. The highest BCUT2D eigenvalue weighted by Gasteiger charge is 2.32. The maximum Gasteiger partial charge on any atom is 0.227 e. The molecule has 3 atom stereocenters. The second-order valence-electron chi connectivity index (χ2n) is 4.30. The van der Waals surface area contributed by atoms with Gasteiger partial charge in [0.2, 0.25) is 5.91 Å². The molecular formula is C11H18N2O2. The molecule has 3 N–H and O–H groups in total. The molecule has 0 bridgehead atoms. The number of amides is 1. The molecule has 0 radical (unpaired) electrons. The van der Waals surface area contributed by atoms with Crippen LogP contribution < -0.4 is 11.1 Å². The molecule has 1 aliphatic carbocycles. The van der Waals surface area contributed by atoms with Gasteiger partial charge in [0.05, 0.1) is 19.1 Å². The van der Waals surface area contributed by atoms with Crippen LogP contribution in [0.1, 0.15) is 19.3 Å². The van der Waals surface area contributed by atoms with Crippen molar-refractivity contribution >= 4 is 5.91 Å². The minimum atomic E-state index is -0.157. The fraction of sp³-hybridized carbons (Fsp3) is 0.727. The summed E-state index contributed by atoms with van der Waals surface area (Å²) in [5.41, 5.74) is 5.79. The molecule has 1 heterocycles. The Labute approximate surface area is 89.9 Å². The maximum atomic E-state index is 11.8. The summed E-state index contributed by atoms with van der Waals surface area (Å²) in [5, 5.41) is 3.04.